The average Bonchev–Trinajstić information content (AvgIpc) is 2.91. The molecular formula is C22H32N3O2+. The van der Waals surface area contributed by atoms with E-state index in [9.17, 15) is 9.59 Å². The minimum atomic E-state index is -0.625. The predicted molar refractivity (Wildman–Crippen MR) is 104 cm³/mol. The summed E-state index contributed by atoms with van der Waals surface area (Å²) in [5.74, 6) is 0.974. The van der Waals surface area contributed by atoms with Crippen molar-refractivity contribution >= 4 is 11.9 Å². The predicted octanol–water partition coefficient (Wildman–Crippen LogP) is 1.98. The molecule has 2 N–H and O–H groups in total. The number of rotatable bonds is 4. The molecule has 0 aromatic heterocycles. The van der Waals surface area contributed by atoms with Crippen LogP contribution in [0.15, 0.2) is 30.3 Å². The number of piperidine rings is 1. The van der Waals surface area contributed by atoms with Crippen molar-refractivity contribution in [3.63, 3.8) is 0 Å². The number of urea groups is 1. The van der Waals surface area contributed by atoms with E-state index in [1.165, 1.54) is 15.4 Å². The van der Waals surface area contributed by atoms with Crippen LogP contribution in [-0.4, -0.2) is 42.1 Å². The number of carbonyl (C=O) groups excluding carboxylic acids is 2. The highest BCUT2D eigenvalue weighted by Gasteiger charge is 2.55. The fourth-order valence-corrected chi connectivity index (χ4v) is 5.26. The number of imide groups is 1. The van der Waals surface area contributed by atoms with Gasteiger partial charge in [0.1, 0.15) is 5.54 Å². The van der Waals surface area contributed by atoms with Crippen LogP contribution in [0.25, 0.3) is 0 Å². The third kappa shape index (κ3) is 3.62. The summed E-state index contributed by atoms with van der Waals surface area (Å²) in [6.45, 7) is 4.72. The Labute approximate surface area is 162 Å². The van der Waals surface area contributed by atoms with Gasteiger partial charge in [-0.1, -0.05) is 50.1 Å². The molecule has 0 radical (unpaired) electrons. The van der Waals surface area contributed by atoms with Gasteiger partial charge in [0.05, 0.1) is 13.1 Å². The van der Waals surface area contributed by atoms with E-state index in [1.54, 1.807) is 0 Å². The maximum atomic E-state index is 13.1. The zero-order valence-electron chi connectivity index (χ0n) is 16.4. The second-order valence-electron chi connectivity index (χ2n) is 8.82. The van der Waals surface area contributed by atoms with Crippen LogP contribution in [-0.2, 0) is 11.2 Å². The summed E-state index contributed by atoms with van der Waals surface area (Å²) in [7, 11) is 0. The number of amides is 3. The van der Waals surface area contributed by atoms with Crippen LogP contribution in [0.4, 0.5) is 4.79 Å². The van der Waals surface area contributed by atoms with Crippen molar-refractivity contribution in [1.82, 2.24) is 10.2 Å². The largest absolute Gasteiger partial charge is 0.329 e. The van der Waals surface area contributed by atoms with E-state index < -0.39 is 5.54 Å². The monoisotopic (exact) mass is 370 g/mol. The topological polar surface area (TPSA) is 53.9 Å². The number of likely N-dealkylation sites (tertiary alicyclic amines) is 1. The maximum absolute atomic E-state index is 13.1. The lowest BCUT2D eigenvalue weighted by Crippen LogP contribution is -3.14. The molecule has 3 aliphatic rings. The molecule has 3 amide bonds. The first kappa shape index (κ1) is 18.5. The third-order valence-corrected chi connectivity index (χ3v) is 7.06. The van der Waals surface area contributed by atoms with Gasteiger partial charge in [0.25, 0.3) is 5.91 Å². The molecule has 1 saturated carbocycles. The van der Waals surface area contributed by atoms with Gasteiger partial charge in [-0.2, -0.15) is 0 Å². The SMILES string of the molecule is C[C@@H]1CCCC[C@@]12NC(=O)N(C[NH+]1CCC(Cc3ccccc3)CC1)C2=O. The fourth-order valence-electron chi connectivity index (χ4n) is 5.26. The number of quaternary nitrogens is 1. The van der Waals surface area contributed by atoms with Crippen LogP contribution in [0.5, 0.6) is 0 Å². The van der Waals surface area contributed by atoms with Crippen LogP contribution >= 0.6 is 0 Å². The normalized spacial score (nSPS) is 34.1. The zero-order chi connectivity index (χ0) is 18.9. The number of hydrogen-bond donors (Lipinski definition) is 2. The van der Waals surface area contributed by atoms with Crippen LogP contribution in [0.1, 0.15) is 51.0 Å². The number of nitrogens with zero attached hydrogens (tertiary/aromatic N) is 1. The van der Waals surface area contributed by atoms with Crippen LogP contribution in [0.2, 0.25) is 0 Å². The van der Waals surface area contributed by atoms with Crippen molar-refractivity contribution < 1.29 is 14.5 Å². The molecule has 0 bridgehead atoms. The first-order valence-corrected chi connectivity index (χ1v) is 10.6. The Morgan fingerprint density at radius 2 is 1.85 bits per heavy atom. The molecule has 2 saturated heterocycles. The summed E-state index contributed by atoms with van der Waals surface area (Å²) in [4.78, 5) is 28.5. The van der Waals surface area contributed by atoms with Crippen LogP contribution in [0, 0.1) is 11.8 Å². The van der Waals surface area contributed by atoms with Gasteiger partial charge < -0.3 is 10.2 Å². The van der Waals surface area contributed by atoms with Gasteiger partial charge in [0, 0.05) is 0 Å². The van der Waals surface area contributed by atoms with Crippen molar-refractivity contribution in [1.29, 1.82) is 0 Å². The summed E-state index contributed by atoms with van der Waals surface area (Å²) in [5.41, 5.74) is 0.786. The Hall–Kier alpha value is -1.88. The molecule has 1 aromatic carbocycles. The van der Waals surface area contributed by atoms with Gasteiger partial charge in [0.15, 0.2) is 6.67 Å². The van der Waals surface area contributed by atoms with Gasteiger partial charge in [-0.15, -0.1) is 0 Å². The van der Waals surface area contributed by atoms with Gasteiger partial charge in [-0.3, -0.25) is 4.79 Å². The lowest BCUT2D eigenvalue weighted by Gasteiger charge is -2.37. The Balaban J connectivity index is 1.32. The number of benzene rings is 1. The van der Waals surface area contributed by atoms with Crippen molar-refractivity contribution in [2.45, 2.75) is 57.4 Å². The second kappa shape index (κ2) is 7.63. The highest BCUT2D eigenvalue weighted by Crippen LogP contribution is 2.37. The summed E-state index contributed by atoms with van der Waals surface area (Å²) in [6, 6.07) is 10.5. The fraction of sp³-hybridized carbons (Fsp3) is 0.636. The molecule has 146 valence electrons. The highest BCUT2D eigenvalue weighted by atomic mass is 16.2. The van der Waals surface area contributed by atoms with E-state index in [0.717, 1.165) is 58.0 Å². The van der Waals surface area contributed by atoms with E-state index in [0.29, 0.717) is 12.6 Å². The Kier molecular flexibility index (Phi) is 5.22. The van der Waals surface area contributed by atoms with E-state index in [-0.39, 0.29) is 17.9 Å². The molecule has 1 spiro atoms. The molecule has 3 fully saturated rings. The van der Waals surface area contributed by atoms with Crippen molar-refractivity contribution in [2.24, 2.45) is 11.8 Å². The molecule has 1 aliphatic carbocycles. The Morgan fingerprint density at radius 3 is 2.56 bits per heavy atom. The Morgan fingerprint density at radius 1 is 1.11 bits per heavy atom. The van der Waals surface area contributed by atoms with Gasteiger partial charge in [0.2, 0.25) is 0 Å². The molecule has 4 rings (SSSR count). The van der Waals surface area contributed by atoms with E-state index in [2.05, 4.69) is 42.6 Å². The first-order chi connectivity index (χ1) is 13.1. The second-order valence-corrected chi connectivity index (χ2v) is 8.82. The minimum absolute atomic E-state index is 0.0265. The van der Waals surface area contributed by atoms with E-state index in [1.807, 2.05) is 0 Å². The van der Waals surface area contributed by atoms with Crippen molar-refractivity contribution in [3.8, 4) is 0 Å². The summed E-state index contributed by atoms with van der Waals surface area (Å²) < 4.78 is 0. The number of hydrogen-bond acceptors (Lipinski definition) is 2. The van der Waals surface area contributed by atoms with Crippen molar-refractivity contribution in [2.75, 3.05) is 19.8 Å². The minimum Gasteiger partial charge on any atom is -0.323 e. The smallest absolute Gasteiger partial charge is 0.323 e. The molecular weight excluding hydrogens is 338 g/mol. The molecule has 27 heavy (non-hydrogen) atoms. The van der Waals surface area contributed by atoms with Crippen LogP contribution < -0.4 is 10.2 Å². The lowest BCUT2D eigenvalue weighted by atomic mass is 9.73. The average molecular weight is 371 g/mol. The van der Waals surface area contributed by atoms with Gasteiger partial charge in [-0.05, 0) is 49.5 Å². The number of nitrogens with one attached hydrogen (secondary N) is 2. The molecule has 2 atom stereocenters. The van der Waals surface area contributed by atoms with Crippen molar-refractivity contribution in [3.05, 3.63) is 35.9 Å². The van der Waals surface area contributed by atoms with Crippen LogP contribution in [0.3, 0.4) is 0 Å². The lowest BCUT2D eigenvalue weighted by molar-refractivity contribution is -0.913. The quantitative estimate of drug-likeness (QED) is 0.797. The first-order valence-electron chi connectivity index (χ1n) is 10.6. The summed E-state index contributed by atoms with van der Waals surface area (Å²) in [5, 5.41) is 3.07. The molecule has 1 aromatic rings. The Bertz CT molecular complexity index is 684. The van der Waals surface area contributed by atoms with E-state index in [4.69, 9.17) is 0 Å². The molecule has 0 unspecified atom stereocenters. The third-order valence-electron chi connectivity index (χ3n) is 7.06. The van der Waals surface area contributed by atoms with Gasteiger partial charge >= 0.3 is 6.03 Å². The number of carbonyl (C=O) groups is 2. The van der Waals surface area contributed by atoms with Gasteiger partial charge in [-0.25, -0.2) is 9.69 Å². The zero-order valence-corrected chi connectivity index (χ0v) is 16.4. The molecule has 5 nitrogen and oxygen atoms in total. The molecule has 2 aliphatic heterocycles. The summed E-state index contributed by atoms with van der Waals surface area (Å²) in [6.07, 6.45) is 7.47. The summed E-state index contributed by atoms with van der Waals surface area (Å²) >= 11 is 0. The molecule has 5 heteroatoms. The van der Waals surface area contributed by atoms with E-state index >= 15 is 0 Å². The maximum Gasteiger partial charge on any atom is 0.329 e. The standard InChI is InChI=1S/C22H31N3O2/c1-17-7-5-6-12-22(17)20(26)25(21(27)23-22)16-24-13-10-19(11-14-24)15-18-8-3-2-4-9-18/h2-4,8-9,17,19H,5-7,10-16H2,1H3,(H,23,27)/p+1/t17-,22-/m1/s1. The highest BCUT2D eigenvalue weighted by molar-refractivity contribution is 6.07. The molecule has 2 heterocycles.